The molecule has 0 aromatic heterocycles. The second kappa shape index (κ2) is 6.24. The predicted octanol–water partition coefficient (Wildman–Crippen LogP) is 0.700. The van der Waals surface area contributed by atoms with Crippen molar-refractivity contribution in [3.05, 3.63) is 30.3 Å². The number of hydrogen-bond donors (Lipinski definition) is 3. The molecule has 1 aromatic carbocycles. The normalized spacial score (nSPS) is 29.4. The van der Waals surface area contributed by atoms with Gasteiger partial charge < -0.3 is 20.3 Å². The molecule has 1 aromatic rings. The number of ether oxygens (including phenoxy) is 1. The Labute approximate surface area is 118 Å². The van der Waals surface area contributed by atoms with Crippen LogP contribution in [0.2, 0.25) is 0 Å². The van der Waals surface area contributed by atoms with Gasteiger partial charge >= 0.3 is 0 Å². The fourth-order valence-electron chi connectivity index (χ4n) is 2.27. The summed E-state index contributed by atoms with van der Waals surface area (Å²) in [5, 5.41) is 22.8. The van der Waals surface area contributed by atoms with Gasteiger partial charge in [-0.25, -0.2) is 0 Å². The van der Waals surface area contributed by atoms with E-state index >= 15 is 0 Å². The van der Waals surface area contributed by atoms with E-state index in [1.165, 1.54) is 0 Å². The van der Waals surface area contributed by atoms with Gasteiger partial charge in [0.05, 0.1) is 6.04 Å². The molecule has 0 heterocycles. The third-order valence-corrected chi connectivity index (χ3v) is 3.51. The van der Waals surface area contributed by atoms with Crippen LogP contribution < -0.4 is 10.1 Å². The van der Waals surface area contributed by atoms with Crippen molar-refractivity contribution >= 4 is 5.91 Å². The number of amides is 1. The largest absolute Gasteiger partial charge is 0.488 e. The molecule has 1 fully saturated rings. The van der Waals surface area contributed by atoms with E-state index in [2.05, 4.69) is 5.32 Å². The summed E-state index contributed by atoms with van der Waals surface area (Å²) in [6.07, 6.45) is -2.15. The number of aliphatic hydroxyl groups is 2. The van der Waals surface area contributed by atoms with E-state index in [9.17, 15) is 15.0 Å². The molecular weight excluding hydrogens is 258 g/mol. The maximum absolute atomic E-state index is 11.7. The van der Waals surface area contributed by atoms with Crippen molar-refractivity contribution in [3.63, 3.8) is 0 Å². The van der Waals surface area contributed by atoms with Crippen LogP contribution in [0.4, 0.5) is 0 Å². The van der Waals surface area contributed by atoms with Gasteiger partial charge in [-0.15, -0.1) is 0 Å². The molecule has 3 N–H and O–H groups in total. The van der Waals surface area contributed by atoms with Gasteiger partial charge in [0, 0.05) is 12.3 Å². The van der Waals surface area contributed by atoms with Crippen LogP contribution in [0, 0.1) is 5.92 Å². The third kappa shape index (κ3) is 3.29. The molecule has 2 rings (SSSR count). The SMILES string of the molecule is CC(C)C(=O)N[C@@H]1C[C@@H](Oc2ccccc2)[C@H](O)[C@H]1O. The lowest BCUT2D eigenvalue weighted by atomic mass is 10.1. The lowest BCUT2D eigenvalue weighted by molar-refractivity contribution is -0.125. The van der Waals surface area contributed by atoms with Crippen LogP contribution >= 0.6 is 0 Å². The Morgan fingerprint density at radius 1 is 1.25 bits per heavy atom. The van der Waals surface area contributed by atoms with Crippen LogP contribution in [-0.2, 0) is 4.79 Å². The van der Waals surface area contributed by atoms with E-state index in [1.807, 2.05) is 18.2 Å². The second-order valence-corrected chi connectivity index (χ2v) is 5.46. The predicted molar refractivity (Wildman–Crippen MR) is 74.3 cm³/mol. The monoisotopic (exact) mass is 279 g/mol. The van der Waals surface area contributed by atoms with Crippen LogP contribution in [0.5, 0.6) is 5.75 Å². The first kappa shape index (κ1) is 14.8. The molecule has 110 valence electrons. The Kier molecular flexibility index (Phi) is 4.62. The van der Waals surface area contributed by atoms with Gasteiger partial charge in [-0.2, -0.15) is 0 Å². The standard InChI is InChI=1S/C15H21NO4/c1-9(2)15(19)16-11-8-12(14(18)13(11)17)20-10-6-4-3-5-7-10/h3-7,9,11-14,17-18H,8H2,1-2H3,(H,16,19)/t11-,12-,13+,14+/m1/s1. The Morgan fingerprint density at radius 2 is 1.90 bits per heavy atom. The zero-order chi connectivity index (χ0) is 14.7. The Hall–Kier alpha value is -1.59. The van der Waals surface area contributed by atoms with Crippen LogP contribution in [0.1, 0.15) is 20.3 Å². The number of nitrogens with one attached hydrogen (secondary N) is 1. The summed E-state index contributed by atoms with van der Waals surface area (Å²) in [7, 11) is 0. The number of rotatable bonds is 4. The van der Waals surface area contributed by atoms with Crippen LogP contribution in [0.15, 0.2) is 30.3 Å². The Bertz CT molecular complexity index is 448. The van der Waals surface area contributed by atoms with Gasteiger partial charge in [0.25, 0.3) is 0 Å². The molecule has 4 atom stereocenters. The van der Waals surface area contributed by atoms with Crippen molar-refractivity contribution in [2.45, 2.75) is 44.6 Å². The minimum Gasteiger partial charge on any atom is -0.488 e. The average molecular weight is 279 g/mol. The fourth-order valence-corrected chi connectivity index (χ4v) is 2.27. The quantitative estimate of drug-likeness (QED) is 0.758. The molecule has 20 heavy (non-hydrogen) atoms. The highest BCUT2D eigenvalue weighted by atomic mass is 16.5. The minimum atomic E-state index is -1.01. The van der Waals surface area contributed by atoms with Crippen molar-refractivity contribution in [1.29, 1.82) is 0 Å². The van der Waals surface area contributed by atoms with Crippen molar-refractivity contribution in [2.75, 3.05) is 0 Å². The molecule has 5 heteroatoms. The lowest BCUT2D eigenvalue weighted by Crippen LogP contribution is -2.44. The van der Waals surface area contributed by atoms with Gasteiger partial charge in [-0.05, 0) is 12.1 Å². The summed E-state index contributed by atoms with van der Waals surface area (Å²) in [4.78, 5) is 11.7. The molecule has 1 aliphatic rings. The summed E-state index contributed by atoms with van der Waals surface area (Å²) in [6.45, 7) is 3.57. The number of hydrogen-bond acceptors (Lipinski definition) is 4. The number of benzene rings is 1. The maximum Gasteiger partial charge on any atom is 0.222 e. The molecule has 1 aliphatic carbocycles. The van der Waals surface area contributed by atoms with E-state index in [4.69, 9.17) is 4.74 Å². The molecule has 0 unspecified atom stereocenters. The summed E-state index contributed by atoms with van der Waals surface area (Å²) in [6, 6.07) is 8.65. The molecule has 0 radical (unpaired) electrons. The highest BCUT2D eigenvalue weighted by Gasteiger charge is 2.43. The van der Waals surface area contributed by atoms with Crippen molar-refractivity contribution in [2.24, 2.45) is 5.92 Å². The Morgan fingerprint density at radius 3 is 2.50 bits per heavy atom. The molecular formula is C15H21NO4. The van der Waals surface area contributed by atoms with Crippen LogP contribution in [0.25, 0.3) is 0 Å². The van der Waals surface area contributed by atoms with Crippen LogP contribution in [-0.4, -0.2) is 40.5 Å². The summed E-state index contributed by atoms with van der Waals surface area (Å²) in [5.41, 5.74) is 0. The van der Waals surface area contributed by atoms with E-state index in [0.717, 1.165) is 0 Å². The number of para-hydroxylation sites is 1. The topological polar surface area (TPSA) is 78.8 Å². The van der Waals surface area contributed by atoms with E-state index in [-0.39, 0.29) is 11.8 Å². The first-order valence-electron chi connectivity index (χ1n) is 6.87. The maximum atomic E-state index is 11.7. The zero-order valence-electron chi connectivity index (χ0n) is 11.7. The molecule has 0 aliphatic heterocycles. The molecule has 0 bridgehead atoms. The lowest BCUT2D eigenvalue weighted by Gasteiger charge is -2.19. The molecule has 5 nitrogen and oxygen atoms in total. The fraction of sp³-hybridized carbons (Fsp3) is 0.533. The van der Waals surface area contributed by atoms with Gasteiger partial charge in [0.2, 0.25) is 5.91 Å². The molecule has 1 amide bonds. The van der Waals surface area contributed by atoms with E-state index < -0.39 is 24.4 Å². The minimum absolute atomic E-state index is 0.137. The number of carbonyl (C=O) groups excluding carboxylic acids is 1. The zero-order valence-corrected chi connectivity index (χ0v) is 11.7. The number of aliphatic hydroxyl groups excluding tert-OH is 2. The first-order chi connectivity index (χ1) is 9.49. The smallest absolute Gasteiger partial charge is 0.222 e. The molecule has 1 saturated carbocycles. The van der Waals surface area contributed by atoms with Crippen molar-refractivity contribution in [3.8, 4) is 5.75 Å². The summed E-state index contributed by atoms with van der Waals surface area (Å²) >= 11 is 0. The third-order valence-electron chi connectivity index (χ3n) is 3.51. The molecule has 0 saturated heterocycles. The Balaban J connectivity index is 1.98. The van der Waals surface area contributed by atoms with Gasteiger partial charge in [0.1, 0.15) is 24.1 Å². The van der Waals surface area contributed by atoms with Gasteiger partial charge in [0.15, 0.2) is 0 Å². The molecule has 0 spiro atoms. The summed E-state index contributed by atoms with van der Waals surface area (Å²) in [5.74, 6) is 0.342. The first-order valence-corrected chi connectivity index (χ1v) is 6.87. The highest BCUT2D eigenvalue weighted by Crippen LogP contribution is 2.26. The summed E-state index contributed by atoms with van der Waals surface area (Å²) < 4.78 is 5.67. The van der Waals surface area contributed by atoms with Crippen LogP contribution in [0.3, 0.4) is 0 Å². The van der Waals surface area contributed by atoms with Crippen molar-refractivity contribution in [1.82, 2.24) is 5.32 Å². The van der Waals surface area contributed by atoms with E-state index in [0.29, 0.717) is 12.2 Å². The van der Waals surface area contributed by atoms with Gasteiger partial charge in [-0.1, -0.05) is 32.0 Å². The van der Waals surface area contributed by atoms with Crippen molar-refractivity contribution < 1.29 is 19.7 Å². The van der Waals surface area contributed by atoms with Gasteiger partial charge in [-0.3, -0.25) is 4.79 Å². The number of carbonyl (C=O) groups is 1. The second-order valence-electron chi connectivity index (χ2n) is 5.46. The highest BCUT2D eigenvalue weighted by molar-refractivity contribution is 5.78. The average Bonchev–Trinajstić information content (AvgIpc) is 2.68. The van der Waals surface area contributed by atoms with E-state index in [1.54, 1.807) is 26.0 Å².